The van der Waals surface area contributed by atoms with Gasteiger partial charge in [-0.1, -0.05) is 29.7 Å². The molecule has 2 N–H and O–H groups in total. The number of anilines is 2. The minimum atomic E-state index is -0.165. The standard InChI is InChI=1S/C19H19N3O3S/c1-13(23)20-14-6-4-7-15(12-14)21-18(24)10-5-11-22-19(25)16-8-2-3-9-17(16)26-22/h2-4,6-9,12H,5,10-11H2,1H3,(H,20,23)(H,21,24). The molecule has 0 spiro atoms. The van der Waals surface area contributed by atoms with Crippen LogP contribution in [-0.2, 0) is 16.1 Å². The Morgan fingerprint density at radius 2 is 1.77 bits per heavy atom. The van der Waals surface area contributed by atoms with Gasteiger partial charge in [0.1, 0.15) is 0 Å². The van der Waals surface area contributed by atoms with E-state index in [0.29, 0.717) is 30.8 Å². The second-order valence-electron chi connectivity index (χ2n) is 5.91. The summed E-state index contributed by atoms with van der Waals surface area (Å²) in [5.74, 6) is -0.290. The van der Waals surface area contributed by atoms with Gasteiger partial charge in [0.05, 0.1) is 10.1 Å². The fraction of sp³-hybridized carbons (Fsp3) is 0.211. The molecule has 134 valence electrons. The number of nitrogens with zero attached hydrogens (tertiary/aromatic N) is 1. The molecule has 0 unspecified atom stereocenters. The van der Waals surface area contributed by atoms with Gasteiger partial charge < -0.3 is 10.6 Å². The minimum absolute atomic E-state index is 0.00554. The molecule has 0 fully saturated rings. The van der Waals surface area contributed by atoms with Crippen molar-refractivity contribution in [1.29, 1.82) is 0 Å². The van der Waals surface area contributed by atoms with E-state index < -0.39 is 0 Å². The van der Waals surface area contributed by atoms with Gasteiger partial charge in [-0.2, -0.15) is 0 Å². The zero-order valence-corrected chi connectivity index (χ0v) is 15.1. The molecular formula is C19H19N3O3S. The monoisotopic (exact) mass is 369 g/mol. The first kappa shape index (κ1) is 17.9. The number of carbonyl (C=O) groups is 2. The zero-order chi connectivity index (χ0) is 18.5. The highest BCUT2D eigenvalue weighted by Crippen LogP contribution is 2.17. The van der Waals surface area contributed by atoms with Gasteiger partial charge in [-0.15, -0.1) is 0 Å². The second-order valence-corrected chi connectivity index (χ2v) is 6.97. The maximum Gasteiger partial charge on any atom is 0.268 e. The number of aryl methyl sites for hydroxylation is 1. The molecule has 0 aliphatic carbocycles. The number of fused-ring (bicyclic) bond motifs is 1. The van der Waals surface area contributed by atoms with E-state index >= 15 is 0 Å². The SMILES string of the molecule is CC(=O)Nc1cccc(NC(=O)CCCn2sc3ccccc3c2=O)c1. The number of amides is 2. The Balaban J connectivity index is 1.55. The fourth-order valence-corrected chi connectivity index (χ4v) is 3.68. The van der Waals surface area contributed by atoms with Crippen LogP contribution in [-0.4, -0.2) is 15.8 Å². The first-order valence-electron chi connectivity index (χ1n) is 8.29. The van der Waals surface area contributed by atoms with Gasteiger partial charge in [0.2, 0.25) is 11.8 Å². The van der Waals surface area contributed by atoms with E-state index in [9.17, 15) is 14.4 Å². The number of hydrogen-bond acceptors (Lipinski definition) is 4. The summed E-state index contributed by atoms with van der Waals surface area (Å²) >= 11 is 1.42. The Hall–Kier alpha value is -2.93. The van der Waals surface area contributed by atoms with Crippen molar-refractivity contribution in [2.45, 2.75) is 26.3 Å². The van der Waals surface area contributed by atoms with Crippen LogP contribution in [0.2, 0.25) is 0 Å². The lowest BCUT2D eigenvalue weighted by atomic mass is 10.2. The molecule has 7 heteroatoms. The van der Waals surface area contributed by atoms with Crippen LogP contribution in [0.4, 0.5) is 11.4 Å². The normalized spacial score (nSPS) is 10.7. The predicted molar refractivity (Wildman–Crippen MR) is 105 cm³/mol. The molecule has 0 saturated carbocycles. The summed E-state index contributed by atoms with van der Waals surface area (Å²) in [6.07, 6.45) is 0.884. The highest BCUT2D eigenvalue weighted by Gasteiger charge is 2.08. The van der Waals surface area contributed by atoms with Crippen molar-refractivity contribution < 1.29 is 9.59 Å². The largest absolute Gasteiger partial charge is 0.326 e. The maximum absolute atomic E-state index is 12.3. The average Bonchev–Trinajstić information content (AvgIpc) is 2.91. The lowest BCUT2D eigenvalue weighted by Gasteiger charge is -2.08. The molecule has 3 aromatic rings. The first-order chi connectivity index (χ1) is 12.5. The molecule has 0 aliphatic rings. The second kappa shape index (κ2) is 7.97. The first-order valence-corrected chi connectivity index (χ1v) is 9.06. The molecule has 2 amide bonds. The van der Waals surface area contributed by atoms with Gasteiger partial charge in [0.25, 0.3) is 5.56 Å². The molecule has 0 bridgehead atoms. The molecule has 3 rings (SSSR count). The summed E-state index contributed by atoms with van der Waals surface area (Å²) in [5, 5.41) is 6.20. The summed E-state index contributed by atoms with van der Waals surface area (Å²) in [6.45, 7) is 1.94. The topological polar surface area (TPSA) is 80.2 Å². The van der Waals surface area contributed by atoms with Crippen molar-refractivity contribution in [3.63, 3.8) is 0 Å². The summed E-state index contributed by atoms with van der Waals surface area (Å²) in [6, 6.07) is 14.5. The quantitative estimate of drug-likeness (QED) is 0.698. The van der Waals surface area contributed by atoms with E-state index in [1.807, 2.05) is 24.3 Å². The molecule has 26 heavy (non-hydrogen) atoms. The number of hydrogen-bond donors (Lipinski definition) is 2. The number of rotatable bonds is 6. The van der Waals surface area contributed by atoms with Gasteiger partial charge >= 0.3 is 0 Å². The van der Waals surface area contributed by atoms with E-state index in [1.165, 1.54) is 18.5 Å². The lowest BCUT2D eigenvalue weighted by molar-refractivity contribution is -0.116. The molecule has 0 saturated heterocycles. The van der Waals surface area contributed by atoms with Crippen LogP contribution in [0.15, 0.2) is 53.3 Å². The van der Waals surface area contributed by atoms with Crippen LogP contribution >= 0.6 is 11.5 Å². The molecule has 0 radical (unpaired) electrons. The van der Waals surface area contributed by atoms with Gasteiger partial charge in [-0.25, -0.2) is 0 Å². The maximum atomic E-state index is 12.3. The fourth-order valence-electron chi connectivity index (χ4n) is 2.65. The summed E-state index contributed by atoms with van der Waals surface area (Å²) in [7, 11) is 0. The minimum Gasteiger partial charge on any atom is -0.326 e. The Labute approximate surface area is 154 Å². The smallest absolute Gasteiger partial charge is 0.268 e. The van der Waals surface area contributed by atoms with E-state index in [1.54, 1.807) is 28.2 Å². The third-order valence-corrected chi connectivity index (χ3v) is 4.91. The molecule has 1 heterocycles. The van der Waals surface area contributed by atoms with Gasteiger partial charge in [-0.05, 0) is 36.8 Å². The summed E-state index contributed by atoms with van der Waals surface area (Å²) in [5.41, 5.74) is 1.25. The Kier molecular flexibility index (Phi) is 5.48. The van der Waals surface area contributed by atoms with E-state index in [0.717, 1.165) is 10.1 Å². The number of nitrogens with one attached hydrogen (secondary N) is 2. The number of aromatic nitrogens is 1. The van der Waals surface area contributed by atoms with Crippen molar-refractivity contribution >= 4 is 44.8 Å². The molecule has 1 aromatic heterocycles. The van der Waals surface area contributed by atoms with Gasteiger partial charge in [0, 0.05) is 31.3 Å². The van der Waals surface area contributed by atoms with Crippen LogP contribution in [0.1, 0.15) is 19.8 Å². The lowest BCUT2D eigenvalue weighted by Crippen LogP contribution is -2.16. The van der Waals surface area contributed by atoms with Crippen LogP contribution in [0.5, 0.6) is 0 Å². The number of carbonyl (C=O) groups excluding carboxylic acids is 2. The molecular weight excluding hydrogens is 350 g/mol. The van der Waals surface area contributed by atoms with Gasteiger partial charge in [-0.3, -0.25) is 18.3 Å². The Bertz CT molecular complexity index is 1010. The van der Waals surface area contributed by atoms with E-state index in [4.69, 9.17) is 0 Å². The van der Waals surface area contributed by atoms with Gasteiger partial charge in [0.15, 0.2) is 0 Å². The van der Waals surface area contributed by atoms with Crippen molar-refractivity contribution in [2.24, 2.45) is 0 Å². The van der Waals surface area contributed by atoms with Crippen molar-refractivity contribution in [3.8, 4) is 0 Å². The Morgan fingerprint density at radius 3 is 2.50 bits per heavy atom. The number of benzene rings is 2. The third-order valence-electron chi connectivity index (χ3n) is 3.78. The van der Waals surface area contributed by atoms with E-state index in [-0.39, 0.29) is 17.4 Å². The van der Waals surface area contributed by atoms with Crippen LogP contribution in [0.3, 0.4) is 0 Å². The highest BCUT2D eigenvalue weighted by atomic mass is 32.1. The van der Waals surface area contributed by atoms with Crippen molar-refractivity contribution in [2.75, 3.05) is 10.6 Å². The van der Waals surface area contributed by atoms with Crippen molar-refractivity contribution in [1.82, 2.24) is 3.96 Å². The van der Waals surface area contributed by atoms with Crippen LogP contribution in [0.25, 0.3) is 10.1 Å². The van der Waals surface area contributed by atoms with Crippen molar-refractivity contribution in [3.05, 3.63) is 58.9 Å². The predicted octanol–water partition coefficient (Wildman–Crippen LogP) is 3.44. The summed E-state index contributed by atoms with van der Waals surface area (Å²) < 4.78 is 2.65. The highest BCUT2D eigenvalue weighted by molar-refractivity contribution is 7.13. The zero-order valence-electron chi connectivity index (χ0n) is 14.3. The van der Waals surface area contributed by atoms with Crippen LogP contribution in [0, 0.1) is 0 Å². The Morgan fingerprint density at radius 1 is 1.04 bits per heavy atom. The van der Waals surface area contributed by atoms with Crippen LogP contribution < -0.4 is 16.2 Å². The average molecular weight is 369 g/mol. The third kappa shape index (κ3) is 4.37. The molecule has 0 aliphatic heterocycles. The summed E-state index contributed by atoms with van der Waals surface area (Å²) in [4.78, 5) is 35.5. The molecule has 6 nitrogen and oxygen atoms in total. The molecule has 2 aromatic carbocycles. The molecule has 0 atom stereocenters. The van der Waals surface area contributed by atoms with E-state index in [2.05, 4.69) is 10.6 Å².